The number of sulfone groups is 1. The molecule has 2 saturated heterocycles. The van der Waals surface area contributed by atoms with E-state index in [9.17, 15) is 22.8 Å². The highest BCUT2D eigenvalue weighted by Crippen LogP contribution is 2.35. The van der Waals surface area contributed by atoms with Crippen LogP contribution in [0, 0.1) is 17.8 Å². The Morgan fingerprint density at radius 2 is 1.96 bits per heavy atom. The van der Waals surface area contributed by atoms with Crippen LogP contribution in [-0.2, 0) is 29.0 Å². The Labute approximate surface area is 166 Å². The third-order valence-corrected chi connectivity index (χ3v) is 8.27. The lowest BCUT2D eigenvalue weighted by molar-refractivity contribution is -0.152. The highest BCUT2D eigenvalue weighted by molar-refractivity contribution is 7.91. The van der Waals surface area contributed by atoms with Gasteiger partial charge in [0.15, 0.2) is 16.4 Å². The molecule has 3 fully saturated rings. The molecule has 1 aliphatic carbocycles. The molecule has 0 radical (unpaired) electrons. The van der Waals surface area contributed by atoms with E-state index in [-0.39, 0.29) is 29.9 Å². The molecule has 28 heavy (non-hydrogen) atoms. The second-order valence-electron chi connectivity index (χ2n) is 8.56. The van der Waals surface area contributed by atoms with Gasteiger partial charge < -0.3 is 15.0 Å². The standard InChI is InChI=1S/C19H30N2O6S/c1-12-4-3-5-16(13(12)2)21-9-14(8-18(21)23)19(24)27-10-17(22)20-15-6-7-28(25,26)11-15/h12-16H,3-11H2,1-2H3,(H,20,22)/t12-,13+,14+,15+,16-/m0/s1. The quantitative estimate of drug-likeness (QED) is 0.656. The van der Waals surface area contributed by atoms with Crippen LogP contribution in [-0.4, -0.2) is 67.8 Å². The van der Waals surface area contributed by atoms with Gasteiger partial charge in [-0.2, -0.15) is 0 Å². The molecule has 158 valence electrons. The van der Waals surface area contributed by atoms with Gasteiger partial charge >= 0.3 is 5.97 Å². The summed E-state index contributed by atoms with van der Waals surface area (Å²) in [4.78, 5) is 38.5. The van der Waals surface area contributed by atoms with E-state index < -0.39 is 40.3 Å². The molecule has 0 spiro atoms. The number of hydrogen-bond acceptors (Lipinski definition) is 6. The predicted molar refractivity (Wildman–Crippen MR) is 102 cm³/mol. The number of esters is 1. The van der Waals surface area contributed by atoms with Crippen LogP contribution in [0.2, 0.25) is 0 Å². The van der Waals surface area contributed by atoms with Crippen molar-refractivity contribution in [2.75, 3.05) is 24.7 Å². The van der Waals surface area contributed by atoms with Crippen molar-refractivity contribution < 1.29 is 27.5 Å². The van der Waals surface area contributed by atoms with Crippen molar-refractivity contribution in [2.24, 2.45) is 17.8 Å². The highest BCUT2D eigenvalue weighted by atomic mass is 32.2. The Morgan fingerprint density at radius 3 is 2.64 bits per heavy atom. The number of carbonyl (C=O) groups excluding carboxylic acids is 3. The fourth-order valence-electron chi connectivity index (χ4n) is 4.64. The Morgan fingerprint density at radius 1 is 1.21 bits per heavy atom. The molecule has 0 unspecified atom stereocenters. The van der Waals surface area contributed by atoms with Gasteiger partial charge in [-0.1, -0.05) is 26.7 Å². The first-order valence-electron chi connectivity index (χ1n) is 10.1. The molecule has 2 heterocycles. The molecule has 0 aromatic rings. The van der Waals surface area contributed by atoms with Crippen LogP contribution in [0.15, 0.2) is 0 Å². The lowest BCUT2D eigenvalue weighted by Gasteiger charge is -2.39. The summed E-state index contributed by atoms with van der Waals surface area (Å²) in [6, 6.07) is -0.254. The maximum Gasteiger partial charge on any atom is 0.311 e. The number of amides is 2. The highest BCUT2D eigenvalue weighted by Gasteiger charge is 2.42. The number of nitrogens with zero attached hydrogens (tertiary/aromatic N) is 1. The fraction of sp³-hybridized carbons (Fsp3) is 0.842. The number of rotatable bonds is 5. The molecule has 5 atom stereocenters. The molecule has 1 N–H and O–H groups in total. The summed E-state index contributed by atoms with van der Waals surface area (Å²) in [7, 11) is -3.08. The van der Waals surface area contributed by atoms with Crippen LogP contribution < -0.4 is 5.32 Å². The molecule has 2 aliphatic heterocycles. The fourth-order valence-corrected chi connectivity index (χ4v) is 6.31. The molecule has 9 heteroatoms. The van der Waals surface area contributed by atoms with E-state index in [2.05, 4.69) is 19.2 Å². The Kier molecular flexibility index (Phi) is 6.31. The first kappa shape index (κ1) is 21.1. The van der Waals surface area contributed by atoms with Crippen LogP contribution in [0.5, 0.6) is 0 Å². The summed E-state index contributed by atoms with van der Waals surface area (Å²) in [5.74, 6) is -0.660. The van der Waals surface area contributed by atoms with Crippen LogP contribution >= 0.6 is 0 Å². The number of ether oxygens (including phenoxy) is 1. The van der Waals surface area contributed by atoms with Gasteiger partial charge in [0, 0.05) is 25.0 Å². The van der Waals surface area contributed by atoms with Crippen molar-refractivity contribution in [2.45, 2.75) is 58.0 Å². The molecule has 1 saturated carbocycles. The summed E-state index contributed by atoms with van der Waals surface area (Å²) in [5, 5.41) is 2.59. The molecule has 8 nitrogen and oxygen atoms in total. The topological polar surface area (TPSA) is 110 Å². The van der Waals surface area contributed by atoms with E-state index in [4.69, 9.17) is 4.74 Å². The van der Waals surface area contributed by atoms with Gasteiger partial charge in [-0.15, -0.1) is 0 Å². The first-order valence-corrected chi connectivity index (χ1v) is 11.9. The van der Waals surface area contributed by atoms with E-state index in [1.54, 1.807) is 0 Å². The average Bonchev–Trinajstić information content (AvgIpc) is 3.17. The van der Waals surface area contributed by atoms with Gasteiger partial charge in [-0.25, -0.2) is 8.42 Å². The maximum absolute atomic E-state index is 12.5. The van der Waals surface area contributed by atoms with E-state index in [0.29, 0.717) is 24.8 Å². The summed E-state index contributed by atoms with van der Waals surface area (Å²) in [6.45, 7) is 4.27. The zero-order valence-electron chi connectivity index (χ0n) is 16.6. The van der Waals surface area contributed by atoms with Crippen LogP contribution in [0.4, 0.5) is 0 Å². The molecule has 0 aromatic carbocycles. The summed E-state index contributed by atoms with van der Waals surface area (Å²) >= 11 is 0. The van der Waals surface area contributed by atoms with E-state index >= 15 is 0 Å². The zero-order valence-corrected chi connectivity index (χ0v) is 17.4. The second-order valence-corrected chi connectivity index (χ2v) is 10.8. The molecule has 0 bridgehead atoms. The van der Waals surface area contributed by atoms with Gasteiger partial charge in [0.2, 0.25) is 5.91 Å². The van der Waals surface area contributed by atoms with Crippen molar-refractivity contribution >= 4 is 27.6 Å². The minimum Gasteiger partial charge on any atom is -0.455 e. The molecular formula is C19H30N2O6S. The Bertz CT molecular complexity index is 737. The molecule has 3 rings (SSSR count). The van der Waals surface area contributed by atoms with E-state index in [1.165, 1.54) is 6.42 Å². The zero-order chi connectivity index (χ0) is 20.5. The lowest BCUT2D eigenvalue weighted by Crippen LogP contribution is -2.45. The minimum atomic E-state index is -3.08. The third kappa shape index (κ3) is 4.85. The maximum atomic E-state index is 12.5. The first-order chi connectivity index (χ1) is 13.2. The molecule has 2 amide bonds. The summed E-state index contributed by atoms with van der Waals surface area (Å²) in [6.07, 6.45) is 3.73. The Balaban J connectivity index is 1.46. The van der Waals surface area contributed by atoms with Gasteiger partial charge in [-0.05, 0) is 24.7 Å². The van der Waals surface area contributed by atoms with E-state index in [1.807, 2.05) is 4.90 Å². The van der Waals surface area contributed by atoms with Gasteiger partial charge in [0.05, 0.1) is 17.4 Å². The van der Waals surface area contributed by atoms with Gasteiger partial charge in [0.1, 0.15) is 0 Å². The summed E-state index contributed by atoms with van der Waals surface area (Å²) in [5.41, 5.74) is 0. The van der Waals surface area contributed by atoms with Gasteiger partial charge in [-0.3, -0.25) is 14.4 Å². The predicted octanol–water partition coefficient (Wildman–Crippen LogP) is 0.506. The molecule has 0 aromatic heterocycles. The van der Waals surface area contributed by atoms with Crippen molar-refractivity contribution in [3.8, 4) is 0 Å². The number of carbonyl (C=O) groups is 3. The SMILES string of the molecule is C[C@@H]1[C@@H](C)CCC[C@@H]1N1C[C@H](C(=O)OCC(=O)N[C@@H]2CCS(=O)(=O)C2)CC1=O. The van der Waals surface area contributed by atoms with Crippen LogP contribution in [0.1, 0.15) is 46.0 Å². The Hall–Kier alpha value is -1.64. The largest absolute Gasteiger partial charge is 0.455 e. The smallest absolute Gasteiger partial charge is 0.311 e. The number of nitrogens with one attached hydrogen (secondary N) is 1. The van der Waals surface area contributed by atoms with E-state index in [0.717, 1.165) is 12.8 Å². The van der Waals surface area contributed by atoms with Crippen molar-refractivity contribution in [1.29, 1.82) is 0 Å². The average molecular weight is 415 g/mol. The number of hydrogen-bond donors (Lipinski definition) is 1. The minimum absolute atomic E-state index is 0.0199. The molecular weight excluding hydrogens is 384 g/mol. The third-order valence-electron chi connectivity index (χ3n) is 6.50. The van der Waals surface area contributed by atoms with Crippen molar-refractivity contribution in [3.05, 3.63) is 0 Å². The van der Waals surface area contributed by atoms with Crippen molar-refractivity contribution in [1.82, 2.24) is 10.2 Å². The van der Waals surface area contributed by atoms with Gasteiger partial charge in [0.25, 0.3) is 5.91 Å². The monoisotopic (exact) mass is 414 g/mol. The second kappa shape index (κ2) is 8.39. The van der Waals surface area contributed by atoms with Crippen LogP contribution in [0.25, 0.3) is 0 Å². The normalized spacial score (nSPS) is 35.0. The summed E-state index contributed by atoms with van der Waals surface area (Å²) < 4.78 is 28.0. The number of likely N-dealkylation sites (tertiary alicyclic amines) is 1. The van der Waals surface area contributed by atoms with Crippen LogP contribution in [0.3, 0.4) is 0 Å². The molecule has 3 aliphatic rings. The lowest BCUT2D eigenvalue weighted by atomic mass is 9.77. The van der Waals surface area contributed by atoms with Crippen molar-refractivity contribution in [3.63, 3.8) is 0 Å².